The Balaban J connectivity index is 1.99. The van der Waals surface area contributed by atoms with E-state index in [1.807, 2.05) is 24.3 Å². The zero-order valence-corrected chi connectivity index (χ0v) is 10.9. The Kier molecular flexibility index (Phi) is 3.09. The van der Waals surface area contributed by atoms with Crippen LogP contribution >= 0.6 is 0 Å². The monoisotopic (exact) mass is 267 g/mol. The molecule has 0 fully saturated rings. The summed E-state index contributed by atoms with van der Waals surface area (Å²) in [6.45, 7) is 0. The first-order valence-electron chi connectivity index (χ1n) is 6.10. The fourth-order valence-electron chi connectivity index (χ4n) is 1.96. The van der Waals surface area contributed by atoms with Crippen molar-refractivity contribution < 1.29 is 9.47 Å². The number of aromatic nitrogens is 2. The highest BCUT2D eigenvalue weighted by Gasteiger charge is 2.07. The third-order valence-electron chi connectivity index (χ3n) is 2.95. The standard InChI is InChI=1S/C15H13N3O2/c1-19-14-7-6-11(8-13(14)16)20-15-12-5-3-2-4-10(12)9-17-18-15/h2-9H,16H2,1H3. The number of anilines is 1. The summed E-state index contributed by atoms with van der Waals surface area (Å²) in [5, 5.41) is 9.84. The molecule has 0 saturated carbocycles. The fraction of sp³-hybridized carbons (Fsp3) is 0.0667. The van der Waals surface area contributed by atoms with E-state index in [4.69, 9.17) is 15.2 Å². The van der Waals surface area contributed by atoms with Gasteiger partial charge in [-0.25, -0.2) is 0 Å². The highest BCUT2D eigenvalue weighted by Crippen LogP contribution is 2.31. The van der Waals surface area contributed by atoms with Crippen molar-refractivity contribution in [2.24, 2.45) is 0 Å². The van der Waals surface area contributed by atoms with Gasteiger partial charge in [0.15, 0.2) is 0 Å². The zero-order chi connectivity index (χ0) is 13.9. The van der Waals surface area contributed by atoms with Crippen LogP contribution < -0.4 is 15.2 Å². The molecule has 3 rings (SSSR count). The Hall–Kier alpha value is -2.82. The third-order valence-corrected chi connectivity index (χ3v) is 2.95. The minimum absolute atomic E-state index is 0.452. The van der Waals surface area contributed by atoms with Crippen LogP contribution in [0.1, 0.15) is 0 Å². The molecule has 1 aromatic heterocycles. The Bertz CT molecular complexity index is 754. The smallest absolute Gasteiger partial charge is 0.246 e. The van der Waals surface area contributed by atoms with Gasteiger partial charge in [0.2, 0.25) is 5.88 Å². The highest BCUT2D eigenvalue weighted by molar-refractivity contribution is 5.86. The summed E-state index contributed by atoms with van der Waals surface area (Å²) in [7, 11) is 1.57. The van der Waals surface area contributed by atoms with Gasteiger partial charge in [-0.2, -0.15) is 5.10 Å². The van der Waals surface area contributed by atoms with Crippen LogP contribution in [-0.4, -0.2) is 17.3 Å². The predicted octanol–water partition coefficient (Wildman–Crippen LogP) is 3.01. The van der Waals surface area contributed by atoms with Gasteiger partial charge in [0, 0.05) is 16.8 Å². The number of nitrogen functional groups attached to an aromatic ring is 1. The van der Waals surface area contributed by atoms with Gasteiger partial charge >= 0.3 is 0 Å². The van der Waals surface area contributed by atoms with E-state index >= 15 is 0 Å². The van der Waals surface area contributed by atoms with Crippen LogP contribution in [0.2, 0.25) is 0 Å². The van der Waals surface area contributed by atoms with Crippen LogP contribution in [0.15, 0.2) is 48.7 Å². The number of benzene rings is 2. The average molecular weight is 267 g/mol. The number of rotatable bonds is 3. The molecule has 0 atom stereocenters. The van der Waals surface area contributed by atoms with Crippen LogP contribution in [0.5, 0.6) is 17.4 Å². The Morgan fingerprint density at radius 1 is 1.10 bits per heavy atom. The summed E-state index contributed by atoms with van der Waals surface area (Å²) in [5.74, 6) is 1.66. The predicted molar refractivity (Wildman–Crippen MR) is 77.0 cm³/mol. The molecule has 0 radical (unpaired) electrons. The van der Waals surface area contributed by atoms with E-state index in [1.54, 1.807) is 31.5 Å². The van der Waals surface area contributed by atoms with Crippen molar-refractivity contribution in [2.75, 3.05) is 12.8 Å². The average Bonchev–Trinajstić information content (AvgIpc) is 2.48. The Morgan fingerprint density at radius 3 is 2.75 bits per heavy atom. The van der Waals surface area contributed by atoms with E-state index < -0.39 is 0 Å². The van der Waals surface area contributed by atoms with E-state index in [9.17, 15) is 0 Å². The van der Waals surface area contributed by atoms with Gasteiger partial charge in [0.1, 0.15) is 11.5 Å². The SMILES string of the molecule is COc1ccc(Oc2nncc3ccccc23)cc1N. The van der Waals surface area contributed by atoms with Gasteiger partial charge in [-0.15, -0.1) is 5.10 Å². The van der Waals surface area contributed by atoms with Crippen molar-refractivity contribution in [1.82, 2.24) is 10.2 Å². The Labute approximate surface area is 116 Å². The lowest BCUT2D eigenvalue weighted by Gasteiger charge is -2.09. The van der Waals surface area contributed by atoms with Crippen molar-refractivity contribution in [3.63, 3.8) is 0 Å². The van der Waals surface area contributed by atoms with E-state index in [-0.39, 0.29) is 0 Å². The van der Waals surface area contributed by atoms with Crippen molar-refractivity contribution in [3.05, 3.63) is 48.7 Å². The number of nitrogens with zero attached hydrogens (tertiary/aromatic N) is 2. The molecule has 0 spiro atoms. The number of methoxy groups -OCH3 is 1. The second kappa shape index (κ2) is 5.05. The number of nitrogens with two attached hydrogens (primary N) is 1. The van der Waals surface area contributed by atoms with Gasteiger partial charge in [0.05, 0.1) is 19.0 Å². The lowest BCUT2D eigenvalue weighted by molar-refractivity contribution is 0.414. The summed E-state index contributed by atoms with van der Waals surface area (Å²) < 4.78 is 10.9. The molecule has 3 aromatic rings. The zero-order valence-electron chi connectivity index (χ0n) is 10.9. The molecule has 0 aliphatic rings. The van der Waals surface area contributed by atoms with Crippen LogP contribution in [0.3, 0.4) is 0 Å². The van der Waals surface area contributed by atoms with Gasteiger partial charge in [-0.3, -0.25) is 0 Å². The van der Waals surface area contributed by atoms with Gasteiger partial charge in [0.25, 0.3) is 0 Å². The van der Waals surface area contributed by atoms with Crippen molar-refractivity contribution in [3.8, 4) is 17.4 Å². The fourth-order valence-corrected chi connectivity index (χ4v) is 1.96. The maximum atomic E-state index is 5.86. The van der Waals surface area contributed by atoms with Crippen molar-refractivity contribution >= 4 is 16.5 Å². The van der Waals surface area contributed by atoms with Gasteiger partial charge in [-0.1, -0.05) is 18.2 Å². The summed E-state index contributed by atoms with van der Waals surface area (Å²) in [4.78, 5) is 0. The second-order valence-electron chi connectivity index (χ2n) is 4.24. The van der Waals surface area contributed by atoms with Crippen LogP contribution in [-0.2, 0) is 0 Å². The normalized spacial score (nSPS) is 10.4. The quantitative estimate of drug-likeness (QED) is 0.739. The van der Waals surface area contributed by atoms with E-state index in [1.165, 1.54) is 0 Å². The molecule has 2 N–H and O–H groups in total. The lowest BCUT2D eigenvalue weighted by Crippen LogP contribution is -1.95. The molecule has 5 heteroatoms. The van der Waals surface area contributed by atoms with E-state index in [2.05, 4.69) is 10.2 Å². The number of hydrogen-bond acceptors (Lipinski definition) is 5. The van der Waals surface area contributed by atoms with Gasteiger partial charge < -0.3 is 15.2 Å². The first kappa shape index (κ1) is 12.2. The van der Waals surface area contributed by atoms with Crippen molar-refractivity contribution in [1.29, 1.82) is 0 Å². The minimum atomic E-state index is 0.452. The second-order valence-corrected chi connectivity index (χ2v) is 4.24. The minimum Gasteiger partial charge on any atom is -0.495 e. The molecule has 0 unspecified atom stereocenters. The first-order valence-corrected chi connectivity index (χ1v) is 6.10. The maximum absolute atomic E-state index is 5.86. The third kappa shape index (κ3) is 2.21. The van der Waals surface area contributed by atoms with Crippen molar-refractivity contribution in [2.45, 2.75) is 0 Å². The molecule has 0 amide bonds. The lowest BCUT2D eigenvalue weighted by atomic mass is 10.2. The highest BCUT2D eigenvalue weighted by atomic mass is 16.5. The molecular weight excluding hydrogens is 254 g/mol. The summed E-state index contributed by atoms with van der Waals surface area (Å²) in [6.07, 6.45) is 1.70. The number of ether oxygens (including phenoxy) is 2. The molecule has 5 nitrogen and oxygen atoms in total. The number of hydrogen-bond donors (Lipinski definition) is 1. The van der Waals surface area contributed by atoms with E-state index in [0.29, 0.717) is 23.1 Å². The largest absolute Gasteiger partial charge is 0.495 e. The summed E-state index contributed by atoms with van der Waals surface area (Å²) in [5.41, 5.74) is 6.37. The Morgan fingerprint density at radius 2 is 1.95 bits per heavy atom. The topological polar surface area (TPSA) is 70.3 Å². The molecule has 1 heterocycles. The molecule has 0 aliphatic carbocycles. The number of fused-ring (bicyclic) bond motifs is 1. The summed E-state index contributed by atoms with van der Waals surface area (Å²) >= 11 is 0. The van der Waals surface area contributed by atoms with Crippen LogP contribution in [0.4, 0.5) is 5.69 Å². The van der Waals surface area contributed by atoms with Crippen LogP contribution in [0.25, 0.3) is 10.8 Å². The molecule has 2 aromatic carbocycles. The van der Waals surface area contributed by atoms with Crippen LogP contribution in [0, 0.1) is 0 Å². The molecule has 20 heavy (non-hydrogen) atoms. The molecule has 0 bridgehead atoms. The maximum Gasteiger partial charge on any atom is 0.246 e. The first-order chi connectivity index (χ1) is 9.78. The van der Waals surface area contributed by atoms with E-state index in [0.717, 1.165) is 10.8 Å². The molecule has 100 valence electrons. The summed E-state index contributed by atoms with van der Waals surface area (Å²) in [6, 6.07) is 13.0. The molecular formula is C15H13N3O2. The molecule has 0 aliphatic heterocycles. The van der Waals surface area contributed by atoms with Gasteiger partial charge in [-0.05, 0) is 18.2 Å². The molecule has 0 saturated heterocycles.